The molecule has 2 N–H and O–H groups in total. The van der Waals surface area contributed by atoms with Crippen molar-refractivity contribution in [3.63, 3.8) is 0 Å². The Balaban J connectivity index is 2.23. The van der Waals surface area contributed by atoms with Gasteiger partial charge in [-0.25, -0.2) is 0 Å². The zero-order chi connectivity index (χ0) is 14.5. The fourth-order valence-corrected chi connectivity index (χ4v) is 3.30. The minimum atomic E-state index is 0.153. The lowest BCUT2D eigenvalue weighted by atomic mass is 9.95. The van der Waals surface area contributed by atoms with E-state index in [-0.39, 0.29) is 12.1 Å². The molecule has 2 rings (SSSR count). The summed E-state index contributed by atoms with van der Waals surface area (Å²) in [6, 6.07) is 8.95. The average molecular weight is 341 g/mol. The van der Waals surface area contributed by atoms with Crippen molar-refractivity contribution in [2.75, 3.05) is 19.7 Å². The molecule has 0 spiro atoms. The third kappa shape index (κ3) is 3.82. The third-order valence-corrected chi connectivity index (χ3v) is 4.58. The molecule has 0 aromatic heterocycles. The number of ether oxygens (including phenoxy) is 1. The molecule has 3 unspecified atom stereocenters. The van der Waals surface area contributed by atoms with Gasteiger partial charge in [-0.15, -0.1) is 0 Å². The van der Waals surface area contributed by atoms with Crippen LogP contribution in [0.4, 0.5) is 0 Å². The molecule has 4 heteroatoms. The Morgan fingerprint density at radius 1 is 1.45 bits per heavy atom. The molecule has 1 aliphatic heterocycles. The van der Waals surface area contributed by atoms with E-state index >= 15 is 0 Å². The van der Waals surface area contributed by atoms with Crippen molar-refractivity contribution in [1.29, 1.82) is 0 Å². The summed E-state index contributed by atoms with van der Waals surface area (Å²) >= 11 is 3.57. The molecule has 1 heterocycles. The van der Waals surface area contributed by atoms with Crippen molar-refractivity contribution in [2.45, 2.75) is 44.9 Å². The topological polar surface area (TPSA) is 38.5 Å². The number of rotatable bonds is 5. The van der Waals surface area contributed by atoms with E-state index in [0.717, 1.165) is 37.0 Å². The highest BCUT2D eigenvalue weighted by Gasteiger charge is 2.30. The van der Waals surface area contributed by atoms with Gasteiger partial charge in [-0.3, -0.25) is 4.90 Å². The Labute approximate surface area is 130 Å². The number of halogens is 1. The van der Waals surface area contributed by atoms with Gasteiger partial charge in [0.15, 0.2) is 0 Å². The molecule has 0 amide bonds. The fraction of sp³-hybridized carbons (Fsp3) is 0.625. The molecule has 1 saturated heterocycles. The Kier molecular flexibility index (Phi) is 6.02. The second-order valence-electron chi connectivity index (χ2n) is 5.47. The molecule has 0 bridgehead atoms. The maximum absolute atomic E-state index is 6.42. The van der Waals surface area contributed by atoms with Gasteiger partial charge in [-0.05, 0) is 30.5 Å². The number of hydrogen-bond donors (Lipinski definition) is 1. The van der Waals surface area contributed by atoms with Gasteiger partial charge >= 0.3 is 0 Å². The summed E-state index contributed by atoms with van der Waals surface area (Å²) in [5, 5.41) is 0. The highest BCUT2D eigenvalue weighted by Crippen LogP contribution is 2.29. The third-order valence-electron chi connectivity index (χ3n) is 4.09. The van der Waals surface area contributed by atoms with Crippen LogP contribution in [0.1, 0.15) is 38.3 Å². The van der Waals surface area contributed by atoms with Crippen molar-refractivity contribution in [3.05, 3.63) is 34.3 Å². The van der Waals surface area contributed by atoms with E-state index in [1.165, 1.54) is 5.56 Å². The smallest absolute Gasteiger partial charge is 0.0700 e. The molecule has 1 aliphatic rings. The van der Waals surface area contributed by atoms with E-state index in [2.05, 4.69) is 58.9 Å². The Morgan fingerprint density at radius 2 is 2.25 bits per heavy atom. The van der Waals surface area contributed by atoms with Crippen LogP contribution in [-0.2, 0) is 4.74 Å². The van der Waals surface area contributed by atoms with E-state index in [1.807, 2.05) is 0 Å². The molecule has 1 aromatic rings. The molecule has 112 valence electrons. The summed E-state index contributed by atoms with van der Waals surface area (Å²) < 4.78 is 6.90. The lowest BCUT2D eigenvalue weighted by molar-refractivity contribution is -0.0486. The van der Waals surface area contributed by atoms with E-state index in [1.54, 1.807) is 0 Å². The molecular formula is C16H25BrN2O. The van der Waals surface area contributed by atoms with Gasteiger partial charge in [0.2, 0.25) is 0 Å². The average Bonchev–Trinajstić information content (AvgIpc) is 2.47. The zero-order valence-corrected chi connectivity index (χ0v) is 14.0. The van der Waals surface area contributed by atoms with Crippen molar-refractivity contribution in [3.8, 4) is 0 Å². The van der Waals surface area contributed by atoms with Crippen LogP contribution in [0, 0.1) is 0 Å². The van der Waals surface area contributed by atoms with E-state index in [9.17, 15) is 0 Å². The van der Waals surface area contributed by atoms with Crippen LogP contribution in [-0.4, -0.2) is 36.7 Å². The number of morpholine rings is 1. The SMILES string of the molecule is CCC1CN(C(c2cccc(Br)c2)C(N)CC)CCO1. The van der Waals surface area contributed by atoms with Gasteiger partial charge in [0.25, 0.3) is 0 Å². The largest absolute Gasteiger partial charge is 0.376 e. The maximum atomic E-state index is 6.42. The lowest BCUT2D eigenvalue weighted by Gasteiger charge is -2.40. The van der Waals surface area contributed by atoms with E-state index in [0.29, 0.717) is 6.10 Å². The molecule has 20 heavy (non-hydrogen) atoms. The summed E-state index contributed by atoms with van der Waals surface area (Å²) in [7, 11) is 0. The lowest BCUT2D eigenvalue weighted by Crippen LogP contribution is -2.49. The Morgan fingerprint density at radius 3 is 2.90 bits per heavy atom. The van der Waals surface area contributed by atoms with Crippen LogP contribution in [0.3, 0.4) is 0 Å². The molecule has 1 fully saturated rings. The molecule has 0 aliphatic carbocycles. The first-order chi connectivity index (χ1) is 9.65. The van der Waals surface area contributed by atoms with Crippen molar-refractivity contribution in [1.82, 2.24) is 4.90 Å². The Hall–Kier alpha value is -0.420. The predicted molar refractivity (Wildman–Crippen MR) is 86.8 cm³/mol. The predicted octanol–water partition coefficient (Wildman–Crippen LogP) is 3.34. The second-order valence-corrected chi connectivity index (χ2v) is 6.38. The number of nitrogens with zero attached hydrogens (tertiary/aromatic N) is 1. The van der Waals surface area contributed by atoms with Gasteiger partial charge < -0.3 is 10.5 Å². The van der Waals surface area contributed by atoms with Gasteiger partial charge in [0.05, 0.1) is 18.8 Å². The van der Waals surface area contributed by atoms with E-state index < -0.39 is 0 Å². The second kappa shape index (κ2) is 7.55. The first kappa shape index (κ1) is 16.0. The summed E-state index contributed by atoms with van der Waals surface area (Å²) in [6.45, 7) is 7.08. The summed E-state index contributed by atoms with van der Waals surface area (Å²) in [5.74, 6) is 0. The van der Waals surface area contributed by atoms with Gasteiger partial charge in [-0.2, -0.15) is 0 Å². The standard InChI is InChI=1S/C16H25BrN2O/c1-3-14-11-19(8-9-20-14)16(15(18)4-2)12-6-5-7-13(17)10-12/h5-7,10,14-16H,3-4,8-9,11,18H2,1-2H3. The molecule has 3 nitrogen and oxygen atoms in total. The first-order valence-electron chi connectivity index (χ1n) is 7.52. The summed E-state index contributed by atoms with van der Waals surface area (Å²) in [5.41, 5.74) is 7.72. The summed E-state index contributed by atoms with van der Waals surface area (Å²) in [6.07, 6.45) is 2.37. The molecule has 0 saturated carbocycles. The maximum Gasteiger partial charge on any atom is 0.0700 e. The summed E-state index contributed by atoms with van der Waals surface area (Å²) in [4.78, 5) is 2.49. The number of nitrogens with two attached hydrogens (primary N) is 1. The van der Waals surface area contributed by atoms with Gasteiger partial charge in [-0.1, -0.05) is 41.9 Å². The van der Waals surface area contributed by atoms with Crippen LogP contribution in [0.2, 0.25) is 0 Å². The van der Waals surface area contributed by atoms with Crippen LogP contribution in [0.25, 0.3) is 0 Å². The quantitative estimate of drug-likeness (QED) is 0.893. The van der Waals surface area contributed by atoms with Crippen LogP contribution in [0.5, 0.6) is 0 Å². The molecule has 3 atom stereocenters. The minimum Gasteiger partial charge on any atom is -0.376 e. The van der Waals surface area contributed by atoms with Crippen molar-refractivity contribution >= 4 is 15.9 Å². The van der Waals surface area contributed by atoms with Crippen molar-refractivity contribution in [2.24, 2.45) is 5.73 Å². The van der Waals surface area contributed by atoms with Crippen LogP contribution in [0.15, 0.2) is 28.7 Å². The van der Waals surface area contributed by atoms with Crippen LogP contribution >= 0.6 is 15.9 Å². The van der Waals surface area contributed by atoms with Gasteiger partial charge in [0.1, 0.15) is 0 Å². The monoisotopic (exact) mass is 340 g/mol. The molecular weight excluding hydrogens is 316 g/mol. The Bertz CT molecular complexity index is 427. The van der Waals surface area contributed by atoms with Crippen LogP contribution < -0.4 is 5.73 Å². The van der Waals surface area contributed by atoms with Crippen molar-refractivity contribution < 1.29 is 4.74 Å². The zero-order valence-electron chi connectivity index (χ0n) is 12.4. The number of benzene rings is 1. The molecule has 0 radical (unpaired) electrons. The normalized spacial score (nSPS) is 23.5. The van der Waals surface area contributed by atoms with E-state index in [4.69, 9.17) is 10.5 Å². The highest BCUT2D eigenvalue weighted by molar-refractivity contribution is 9.10. The van der Waals surface area contributed by atoms with Gasteiger partial charge in [0, 0.05) is 23.6 Å². The minimum absolute atomic E-state index is 0.153. The fourth-order valence-electron chi connectivity index (χ4n) is 2.88. The highest BCUT2D eigenvalue weighted by atomic mass is 79.9. The number of hydrogen-bond acceptors (Lipinski definition) is 3. The first-order valence-corrected chi connectivity index (χ1v) is 8.31. The molecule has 1 aromatic carbocycles.